The minimum Gasteiger partial charge on any atom is -0.441 e. The van der Waals surface area contributed by atoms with Gasteiger partial charge in [-0.3, -0.25) is 15.1 Å². The monoisotopic (exact) mass is 531 g/mol. The average Bonchev–Trinajstić information content (AvgIpc) is 3.09. The van der Waals surface area contributed by atoms with Gasteiger partial charge in [0.2, 0.25) is 5.95 Å². The van der Waals surface area contributed by atoms with Crippen molar-refractivity contribution in [3.63, 3.8) is 0 Å². The number of aromatic nitrogens is 5. The number of carbonyl (C=O) groups excluding carboxylic acids is 2. The molecule has 174 valence electrons. The molecule has 3 aromatic heterocycles. The fraction of sp³-hybridized carbons (Fsp3) is 0.222. The number of alkyl halides is 3. The van der Waals surface area contributed by atoms with Crippen molar-refractivity contribution in [3.8, 4) is 11.4 Å². The van der Waals surface area contributed by atoms with Crippen molar-refractivity contribution in [2.45, 2.75) is 19.2 Å². The topological polar surface area (TPSA) is 124 Å². The van der Waals surface area contributed by atoms with Gasteiger partial charge in [0.1, 0.15) is 6.10 Å². The van der Waals surface area contributed by atoms with Crippen LogP contribution in [0.15, 0.2) is 35.1 Å². The maximum atomic E-state index is 13.9. The zero-order valence-corrected chi connectivity index (χ0v) is 18.4. The molecule has 2 amide bonds. The van der Waals surface area contributed by atoms with Crippen LogP contribution in [0.3, 0.4) is 0 Å². The summed E-state index contributed by atoms with van der Waals surface area (Å²) >= 11 is 3.16. The first kappa shape index (κ1) is 24.0. The quantitative estimate of drug-likeness (QED) is 0.376. The van der Waals surface area contributed by atoms with Crippen LogP contribution in [0, 0.1) is 5.95 Å². The molecule has 0 aliphatic heterocycles. The summed E-state index contributed by atoms with van der Waals surface area (Å²) in [5.74, 6) is -2.89. The predicted octanol–water partition coefficient (Wildman–Crippen LogP) is 3.98. The highest BCUT2D eigenvalue weighted by atomic mass is 79.9. The molecular formula is C18H14BrF4N7O3. The predicted molar refractivity (Wildman–Crippen MR) is 109 cm³/mol. The number of nitrogens with zero attached hydrogens (tertiary/aromatic N) is 5. The van der Waals surface area contributed by atoms with E-state index in [9.17, 15) is 27.2 Å². The lowest BCUT2D eigenvalue weighted by Gasteiger charge is -2.15. The van der Waals surface area contributed by atoms with E-state index in [1.165, 1.54) is 43.0 Å². The molecule has 0 saturated carbocycles. The van der Waals surface area contributed by atoms with E-state index in [4.69, 9.17) is 4.74 Å². The molecule has 0 fully saturated rings. The molecule has 3 heterocycles. The summed E-state index contributed by atoms with van der Waals surface area (Å²) in [5, 5.41) is 11.7. The van der Waals surface area contributed by atoms with Gasteiger partial charge in [-0.2, -0.15) is 17.6 Å². The van der Waals surface area contributed by atoms with Gasteiger partial charge in [0.15, 0.2) is 11.5 Å². The molecule has 0 radical (unpaired) electrons. The van der Waals surface area contributed by atoms with E-state index in [1.807, 2.05) is 0 Å². The molecular weight excluding hydrogens is 518 g/mol. The minimum atomic E-state index is -5.05. The number of pyridine rings is 2. The third kappa shape index (κ3) is 5.79. The summed E-state index contributed by atoms with van der Waals surface area (Å²) in [4.78, 5) is 30.9. The van der Waals surface area contributed by atoms with Gasteiger partial charge in [0.25, 0.3) is 0 Å². The highest BCUT2D eigenvalue weighted by Gasteiger charge is 2.38. The number of halogens is 5. The Morgan fingerprint density at radius 3 is 2.55 bits per heavy atom. The van der Waals surface area contributed by atoms with E-state index in [1.54, 1.807) is 5.32 Å². The maximum Gasteiger partial charge on any atom is 0.471 e. The first-order chi connectivity index (χ1) is 15.5. The highest BCUT2D eigenvalue weighted by molar-refractivity contribution is 9.10. The summed E-state index contributed by atoms with van der Waals surface area (Å²) in [5.41, 5.74) is 0.0585. The number of ether oxygens (including phenoxy) is 1. The van der Waals surface area contributed by atoms with Crippen LogP contribution in [0.2, 0.25) is 0 Å². The number of hydrogen-bond donors (Lipinski definition) is 2. The van der Waals surface area contributed by atoms with E-state index >= 15 is 0 Å². The van der Waals surface area contributed by atoms with Crippen molar-refractivity contribution < 1.29 is 31.9 Å². The lowest BCUT2D eigenvalue weighted by molar-refractivity contribution is -0.167. The minimum absolute atomic E-state index is 0.0426. The molecule has 0 bridgehead atoms. The van der Waals surface area contributed by atoms with Crippen molar-refractivity contribution in [1.29, 1.82) is 0 Å². The van der Waals surface area contributed by atoms with Crippen molar-refractivity contribution in [1.82, 2.24) is 25.0 Å². The molecule has 1 atom stereocenters. The Bertz CT molecular complexity index is 1180. The number of aryl methyl sites for hydroxylation is 1. The summed E-state index contributed by atoms with van der Waals surface area (Å²) < 4.78 is 57.9. The van der Waals surface area contributed by atoms with Gasteiger partial charge in [-0.25, -0.2) is 14.5 Å². The second-order valence-corrected chi connectivity index (χ2v) is 7.42. The van der Waals surface area contributed by atoms with Crippen LogP contribution >= 0.6 is 15.9 Å². The second-order valence-electron chi connectivity index (χ2n) is 6.50. The Kier molecular flexibility index (Phi) is 6.90. The summed E-state index contributed by atoms with van der Waals surface area (Å²) in [7, 11) is 1.46. The summed E-state index contributed by atoms with van der Waals surface area (Å²) in [6.07, 6.45) is -4.75. The van der Waals surface area contributed by atoms with E-state index in [2.05, 4.69) is 41.5 Å². The van der Waals surface area contributed by atoms with Gasteiger partial charge in [0.05, 0.1) is 17.6 Å². The van der Waals surface area contributed by atoms with Crippen molar-refractivity contribution in [2.75, 3.05) is 10.6 Å². The molecule has 0 aliphatic carbocycles. The summed E-state index contributed by atoms with van der Waals surface area (Å²) in [6.45, 7) is 1.45. The van der Waals surface area contributed by atoms with Crippen LogP contribution in [0.4, 0.5) is 33.9 Å². The molecule has 1 unspecified atom stereocenters. The molecule has 2 N–H and O–H groups in total. The van der Waals surface area contributed by atoms with Crippen LogP contribution in [0.25, 0.3) is 11.4 Å². The number of rotatable bonds is 5. The Labute approximate surface area is 191 Å². The molecule has 3 aromatic rings. The molecule has 33 heavy (non-hydrogen) atoms. The first-order valence-electron chi connectivity index (χ1n) is 8.98. The highest BCUT2D eigenvalue weighted by Crippen LogP contribution is 2.27. The van der Waals surface area contributed by atoms with E-state index in [0.717, 1.165) is 6.20 Å². The number of hydrogen-bond acceptors (Lipinski definition) is 7. The van der Waals surface area contributed by atoms with E-state index in [-0.39, 0.29) is 28.5 Å². The van der Waals surface area contributed by atoms with Crippen LogP contribution in [0.5, 0.6) is 0 Å². The molecule has 0 aliphatic rings. The lowest BCUT2D eigenvalue weighted by atomic mass is 10.2. The SMILES string of the molecule is CC(OC(=O)Nc1c(-c2ccc(NC(=O)C(F)(F)F)cn2)nnn1C)c1cc(Br)cnc1F. The molecule has 0 aromatic carbocycles. The van der Waals surface area contributed by atoms with Crippen LogP contribution < -0.4 is 10.6 Å². The van der Waals surface area contributed by atoms with Crippen molar-refractivity contribution in [2.24, 2.45) is 7.05 Å². The van der Waals surface area contributed by atoms with E-state index in [0.29, 0.717) is 4.47 Å². The fourth-order valence-electron chi connectivity index (χ4n) is 2.55. The smallest absolute Gasteiger partial charge is 0.441 e. The Hall–Kier alpha value is -3.62. The lowest BCUT2D eigenvalue weighted by Crippen LogP contribution is -2.29. The van der Waals surface area contributed by atoms with Gasteiger partial charge in [-0.05, 0) is 41.1 Å². The normalized spacial score (nSPS) is 12.2. The van der Waals surface area contributed by atoms with Gasteiger partial charge < -0.3 is 10.1 Å². The van der Waals surface area contributed by atoms with Gasteiger partial charge in [-0.1, -0.05) is 5.21 Å². The third-order valence-electron chi connectivity index (χ3n) is 4.12. The maximum absolute atomic E-state index is 13.9. The van der Waals surface area contributed by atoms with Crippen molar-refractivity contribution in [3.05, 3.63) is 46.6 Å². The first-order valence-corrected chi connectivity index (χ1v) is 9.78. The Morgan fingerprint density at radius 2 is 1.91 bits per heavy atom. The van der Waals surface area contributed by atoms with Gasteiger partial charge in [0, 0.05) is 23.3 Å². The number of anilines is 2. The molecule has 3 rings (SSSR count). The fourth-order valence-corrected chi connectivity index (χ4v) is 2.90. The molecule has 10 nitrogen and oxygen atoms in total. The number of nitrogens with one attached hydrogen (secondary N) is 2. The van der Waals surface area contributed by atoms with Crippen LogP contribution in [-0.4, -0.2) is 43.1 Å². The van der Waals surface area contributed by atoms with Gasteiger partial charge in [-0.15, -0.1) is 5.10 Å². The largest absolute Gasteiger partial charge is 0.471 e. The number of carbonyl (C=O) groups is 2. The standard InChI is InChI=1S/C18H14BrF4N7O3/c1-8(11-5-9(19)6-25-14(11)20)33-17(32)27-15-13(28-29-30(15)2)12-4-3-10(7-24-12)26-16(31)18(21,22)23/h3-8H,1-2H3,(H,26,31)(H,27,32). The summed E-state index contributed by atoms with van der Waals surface area (Å²) in [6, 6.07) is 3.87. The Morgan fingerprint density at radius 1 is 1.18 bits per heavy atom. The third-order valence-corrected chi connectivity index (χ3v) is 4.56. The number of amides is 2. The van der Waals surface area contributed by atoms with Crippen LogP contribution in [0.1, 0.15) is 18.6 Å². The molecule has 0 spiro atoms. The molecule has 0 saturated heterocycles. The zero-order valence-electron chi connectivity index (χ0n) is 16.8. The average molecular weight is 532 g/mol. The van der Waals surface area contributed by atoms with Crippen molar-refractivity contribution >= 4 is 39.4 Å². The Balaban J connectivity index is 1.74. The molecule has 15 heteroatoms. The second kappa shape index (κ2) is 9.48. The zero-order chi connectivity index (χ0) is 24.3. The van der Waals surface area contributed by atoms with E-state index < -0.39 is 30.2 Å². The van der Waals surface area contributed by atoms with Gasteiger partial charge >= 0.3 is 18.2 Å². The van der Waals surface area contributed by atoms with Crippen LogP contribution in [-0.2, 0) is 16.6 Å².